The van der Waals surface area contributed by atoms with E-state index >= 15 is 0 Å². The van der Waals surface area contributed by atoms with Crippen LogP contribution < -0.4 is 0 Å². The Morgan fingerprint density at radius 1 is 0.726 bits per heavy atom. The smallest absolute Gasteiger partial charge is 0.410 e. The number of fused-ring (bicyclic) bond motifs is 2. The minimum Gasteiger partial charge on any atom is -0.444 e. The fraction of sp³-hybridized carbons (Fsp3) is 0.349. The molecule has 7 aromatic rings. The molecular weight excluding hydrogens is 811 g/mol. The number of ether oxygens (including phenoxy) is 1. The lowest BCUT2D eigenvalue weighted by atomic mass is 9.96. The first kappa shape index (κ1) is 43.2. The molecule has 0 atom stereocenters. The van der Waals surface area contributed by atoms with Crippen molar-refractivity contribution in [2.75, 3.05) is 13.1 Å². The van der Waals surface area contributed by atoms with Gasteiger partial charge in [0.05, 0.1) is 11.3 Å². The number of nitrogens with one attached hydrogen (secondary N) is 1. The Balaban J connectivity index is 0.000000207. The summed E-state index contributed by atoms with van der Waals surface area (Å²) in [6.07, 6.45) is 0.984. The maximum absolute atomic E-state index is 14.9. The molecule has 2 aromatic carbocycles. The standard InChI is InChI=1S/C27H31F2N7O2.C16H12F2N4O2/c1-15(2)25-33-32-21-9-8-20(34-36(21)25)23-22(18-7-6-17(28)14-19(18)29)30-24(31-23)16-10-12-35(13-11-16)26(37)38-27(3,4)5;1-8(2)16-20-19-13-6-5-12(21-22(13)16)15(24)14(23)10-4-3-9(17)7-11(10)18/h6-9,14-16H,10-13H2,1-5H3,(H,30,31);3-8H,1-2H3. The largest absolute Gasteiger partial charge is 0.444 e. The van der Waals surface area contributed by atoms with Crippen molar-refractivity contribution in [3.8, 4) is 22.6 Å². The number of benzene rings is 2. The number of rotatable bonds is 8. The van der Waals surface area contributed by atoms with Gasteiger partial charge in [-0.3, -0.25) is 9.59 Å². The molecule has 0 aliphatic carbocycles. The van der Waals surface area contributed by atoms with Gasteiger partial charge in [0, 0.05) is 48.5 Å². The van der Waals surface area contributed by atoms with Crippen LogP contribution in [0.5, 0.6) is 0 Å². The lowest BCUT2D eigenvalue weighted by Gasteiger charge is -2.32. The lowest BCUT2D eigenvalue weighted by molar-refractivity contribution is 0.0203. The summed E-state index contributed by atoms with van der Waals surface area (Å²) < 4.78 is 63.8. The number of carbonyl (C=O) groups excluding carboxylic acids is 3. The Kier molecular flexibility index (Phi) is 12.0. The number of amides is 1. The first-order chi connectivity index (χ1) is 29.4. The Labute approximate surface area is 352 Å². The zero-order chi connectivity index (χ0) is 44.6. The van der Waals surface area contributed by atoms with Crippen LogP contribution in [0.2, 0.25) is 0 Å². The van der Waals surface area contributed by atoms with E-state index in [1.807, 2.05) is 48.5 Å². The number of H-pyrrole nitrogens is 1. The van der Waals surface area contributed by atoms with Crippen molar-refractivity contribution in [2.45, 2.75) is 84.7 Å². The number of ketones is 2. The van der Waals surface area contributed by atoms with E-state index in [1.165, 1.54) is 28.8 Å². The highest BCUT2D eigenvalue weighted by Gasteiger charge is 2.31. The maximum atomic E-state index is 14.9. The van der Waals surface area contributed by atoms with Crippen LogP contribution in [0.3, 0.4) is 0 Å². The van der Waals surface area contributed by atoms with Crippen molar-refractivity contribution in [3.05, 3.63) is 113 Å². The van der Waals surface area contributed by atoms with Crippen LogP contribution in [-0.4, -0.2) is 90.8 Å². The molecule has 8 rings (SSSR count). The fourth-order valence-corrected chi connectivity index (χ4v) is 6.81. The van der Waals surface area contributed by atoms with E-state index in [4.69, 9.17) is 14.8 Å². The van der Waals surface area contributed by atoms with Gasteiger partial charge in [-0.15, -0.1) is 20.4 Å². The van der Waals surface area contributed by atoms with E-state index in [2.05, 4.69) is 30.5 Å². The lowest BCUT2D eigenvalue weighted by Crippen LogP contribution is -2.41. The van der Waals surface area contributed by atoms with Gasteiger partial charge >= 0.3 is 6.09 Å². The molecule has 1 fully saturated rings. The van der Waals surface area contributed by atoms with E-state index in [0.717, 1.165) is 18.2 Å². The van der Waals surface area contributed by atoms with E-state index in [0.29, 0.717) is 77.8 Å². The molecular formula is C43H43F4N11O4. The van der Waals surface area contributed by atoms with E-state index < -0.39 is 46.0 Å². The number of Topliss-reactive ketones (excluding diaryl/α,β-unsaturated/α-hetero) is 2. The van der Waals surface area contributed by atoms with E-state index in [9.17, 15) is 31.9 Å². The Morgan fingerprint density at radius 3 is 1.89 bits per heavy atom. The van der Waals surface area contributed by atoms with Gasteiger partial charge in [0.15, 0.2) is 22.9 Å². The summed E-state index contributed by atoms with van der Waals surface area (Å²) in [4.78, 5) is 46.8. The van der Waals surface area contributed by atoms with Gasteiger partial charge in [-0.05, 0) is 82.1 Å². The highest BCUT2D eigenvalue weighted by atomic mass is 19.1. The number of aromatic nitrogens is 10. The normalized spacial score (nSPS) is 13.5. The highest BCUT2D eigenvalue weighted by molar-refractivity contribution is 6.48. The summed E-state index contributed by atoms with van der Waals surface area (Å²) in [6, 6.07) is 12.2. The molecule has 1 saturated heterocycles. The van der Waals surface area contributed by atoms with Crippen molar-refractivity contribution < 1.29 is 36.7 Å². The molecule has 1 N–H and O–H groups in total. The topological polar surface area (TPSA) is 179 Å². The van der Waals surface area contributed by atoms with Crippen molar-refractivity contribution in [3.63, 3.8) is 0 Å². The minimum absolute atomic E-state index is 0.00287. The number of piperidine rings is 1. The first-order valence-corrected chi connectivity index (χ1v) is 19.9. The van der Waals surface area contributed by atoms with E-state index in [-0.39, 0.29) is 35.1 Å². The van der Waals surface area contributed by atoms with Gasteiger partial charge in [-0.2, -0.15) is 19.2 Å². The summed E-state index contributed by atoms with van der Waals surface area (Å²) in [7, 11) is 0. The van der Waals surface area contributed by atoms with Crippen LogP contribution in [0, 0.1) is 23.3 Å². The molecule has 322 valence electrons. The molecule has 62 heavy (non-hydrogen) atoms. The molecule has 0 spiro atoms. The van der Waals surface area contributed by atoms with Crippen molar-refractivity contribution >= 4 is 29.0 Å². The zero-order valence-corrected chi connectivity index (χ0v) is 35.0. The van der Waals surface area contributed by atoms with Crippen LogP contribution >= 0.6 is 0 Å². The third-order valence-corrected chi connectivity index (χ3v) is 9.92. The molecule has 0 saturated carbocycles. The predicted molar refractivity (Wildman–Crippen MR) is 217 cm³/mol. The highest BCUT2D eigenvalue weighted by Crippen LogP contribution is 2.36. The first-order valence-electron chi connectivity index (χ1n) is 19.9. The number of likely N-dealkylation sites (tertiary alicyclic amines) is 1. The molecule has 0 bridgehead atoms. The van der Waals surface area contributed by atoms with Gasteiger partial charge in [-0.25, -0.2) is 27.3 Å². The Hall–Kier alpha value is -6.92. The van der Waals surface area contributed by atoms with Crippen molar-refractivity contribution in [2.24, 2.45) is 0 Å². The van der Waals surface area contributed by atoms with Crippen LogP contribution in [0.1, 0.15) is 117 Å². The minimum atomic E-state index is -1.10. The summed E-state index contributed by atoms with van der Waals surface area (Å²) in [6.45, 7) is 14.3. The molecule has 0 radical (unpaired) electrons. The van der Waals surface area contributed by atoms with Gasteiger partial charge in [-0.1, -0.05) is 27.7 Å². The molecule has 0 unspecified atom stereocenters. The summed E-state index contributed by atoms with van der Waals surface area (Å²) in [5.41, 5.74) is 1.36. The molecule has 1 amide bonds. The number of aromatic amines is 1. The van der Waals surface area contributed by atoms with E-state index in [1.54, 1.807) is 21.5 Å². The number of halogens is 4. The van der Waals surface area contributed by atoms with Gasteiger partial charge in [0.2, 0.25) is 5.78 Å². The number of hydrogen-bond acceptors (Lipinski definition) is 11. The molecule has 1 aliphatic rings. The van der Waals surface area contributed by atoms with Crippen LogP contribution in [0.15, 0.2) is 60.7 Å². The van der Waals surface area contributed by atoms with Crippen LogP contribution in [-0.2, 0) is 4.74 Å². The summed E-state index contributed by atoms with van der Waals surface area (Å²) >= 11 is 0. The Bertz CT molecular complexity index is 2820. The Morgan fingerprint density at radius 2 is 1.31 bits per heavy atom. The second-order valence-electron chi connectivity index (χ2n) is 16.4. The summed E-state index contributed by atoms with van der Waals surface area (Å²) in [5, 5.41) is 25.1. The monoisotopic (exact) mass is 853 g/mol. The fourth-order valence-electron chi connectivity index (χ4n) is 6.81. The third-order valence-electron chi connectivity index (χ3n) is 9.92. The zero-order valence-electron chi connectivity index (χ0n) is 35.0. The maximum Gasteiger partial charge on any atom is 0.410 e. The van der Waals surface area contributed by atoms with Crippen LogP contribution in [0.25, 0.3) is 33.9 Å². The molecule has 5 aromatic heterocycles. The molecule has 15 nitrogen and oxygen atoms in total. The predicted octanol–water partition coefficient (Wildman–Crippen LogP) is 8.29. The third kappa shape index (κ3) is 9.06. The number of hydrogen-bond donors (Lipinski definition) is 1. The number of carbonyl (C=O) groups is 3. The van der Waals surface area contributed by atoms with Gasteiger partial charge in [0.1, 0.15) is 51.8 Å². The average Bonchev–Trinajstić information content (AvgIpc) is 3.97. The van der Waals surface area contributed by atoms with Crippen molar-refractivity contribution in [1.82, 2.24) is 54.5 Å². The quantitative estimate of drug-likeness (QED) is 0.0884. The SMILES string of the molecule is CC(C)c1nnc2ccc(-c3[nH]c(C4CCN(C(=O)OC(C)(C)C)CC4)nc3-c3ccc(F)cc3F)nn12.CC(C)c1nnc2ccc(C(=O)C(=O)c3ccc(F)cc3F)nn12. The number of imidazole rings is 1. The van der Waals surface area contributed by atoms with Gasteiger partial charge in [0.25, 0.3) is 5.78 Å². The number of nitrogens with zero attached hydrogens (tertiary/aromatic N) is 10. The molecule has 19 heteroatoms. The average molecular weight is 854 g/mol. The molecule has 1 aliphatic heterocycles. The van der Waals surface area contributed by atoms with Crippen molar-refractivity contribution in [1.29, 1.82) is 0 Å². The molecule has 6 heterocycles. The summed E-state index contributed by atoms with van der Waals surface area (Å²) in [5.74, 6) is -3.40. The second-order valence-corrected chi connectivity index (χ2v) is 16.4. The van der Waals surface area contributed by atoms with Gasteiger partial charge < -0.3 is 14.6 Å². The second kappa shape index (κ2) is 17.2. The van der Waals surface area contributed by atoms with Crippen LogP contribution in [0.4, 0.5) is 22.4 Å².